The highest BCUT2D eigenvalue weighted by Crippen LogP contribution is 2.16. The van der Waals surface area contributed by atoms with Crippen LogP contribution in [0, 0.1) is 0 Å². The van der Waals surface area contributed by atoms with Gasteiger partial charge in [0.1, 0.15) is 5.69 Å². The number of hydrogen-bond acceptors (Lipinski definition) is 4. The van der Waals surface area contributed by atoms with Crippen LogP contribution in [0.4, 0.5) is 0 Å². The fraction of sp³-hybridized carbons (Fsp3) is 0.500. The van der Waals surface area contributed by atoms with E-state index in [0.717, 1.165) is 0 Å². The first-order valence-corrected chi connectivity index (χ1v) is 5.02. The van der Waals surface area contributed by atoms with Gasteiger partial charge >= 0.3 is 0 Å². The van der Waals surface area contributed by atoms with E-state index in [-0.39, 0.29) is 17.6 Å². The number of nitrogens with zero attached hydrogens (tertiary/aromatic N) is 3. The van der Waals surface area contributed by atoms with E-state index in [0.29, 0.717) is 16.9 Å². The van der Waals surface area contributed by atoms with Crippen molar-refractivity contribution < 1.29 is 5.11 Å². The summed E-state index contributed by atoms with van der Waals surface area (Å²) >= 11 is 0. The van der Waals surface area contributed by atoms with Gasteiger partial charge in [0, 0.05) is 17.2 Å². The number of aromatic amines is 1. The van der Waals surface area contributed by atoms with Gasteiger partial charge in [-0.15, -0.1) is 10.2 Å². The van der Waals surface area contributed by atoms with Crippen LogP contribution in [0.15, 0.2) is 11.0 Å². The minimum atomic E-state index is -0.351. The Balaban J connectivity index is 2.77. The third-order valence-electron chi connectivity index (χ3n) is 2.40. The van der Waals surface area contributed by atoms with E-state index < -0.39 is 0 Å². The van der Waals surface area contributed by atoms with E-state index in [9.17, 15) is 4.79 Å². The Hall–Kier alpha value is -1.69. The lowest BCUT2D eigenvalue weighted by atomic mass is 9.93. The first-order valence-electron chi connectivity index (χ1n) is 5.02. The molecule has 0 radical (unpaired) electrons. The second kappa shape index (κ2) is 3.41. The van der Waals surface area contributed by atoms with E-state index in [2.05, 4.69) is 15.3 Å². The molecule has 0 saturated carbocycles. The number of rotatable bonds is 1. The second-order valence-electron chi connectivity index (χ2n) is 4.72. The minimum absolute atomic E-state index is 0.171. The van der Waals surface area contributed by atoms with Crippen LogP contribution in [0.5, 0.6) is 0 Å². The van der Waals surface area contributed by atoms with Gasteiger partial charge in [-0.1, -0.05) is 20.8 Å². The Morgan fingerprint density at radius 2 is 2.12 bits per heavy atom. The molecule has 2 rings (SSSR count). The quantitative estimate of drug-likeness (QED) is 0.722. The molecule has 0 saturated heterocycles. The molecule has 0 spiro atoms. The summed E-state index contributed by atoms with van der Waals surface area (Å²) in [5, 5.41) is 19.7. The summed E-state index contributed by atoms with van der Waals surface area (Å²) in [6, 6.07) is 0. The highest BCUT2D eigenvalue weighted by atomic mass is 16.3. The maximum Gasteiger partial charge on any atom is 0.295 e. The van der Waals surface area contributed by atoms with Crippen molar-refractivity contribution in [3.8, 4) is 0 Å². The van der Waals surface area contributed by atoms with Crippen LogP contribution in [0.2, 0.25) is 0 Å². The fourth-order valence-electron chi connectivity index (χ4n) is 1.51. The van der Waals surface area contributed by atoms with Crippen molar-refractivity contribution in [2.45, 2.75) is 32.8 Å². The number of fused-ring (bicyclic) bond motifs is 1. The van der Waals surface area contributed by atoms with Crippen molar-refractivity contribution in [1.29, 1.82) is 0 Å². The van der Waals surface area contributed by atoms with Crippen LogP contribution in [0.3, 0.4) is 0 Å². The molecule has 16 heavy (non-hydrogen) atoms. The molecule has 0 amide bonds. The van der Waals surface area contributed by atoms with E-state index in [1.54, 1.807) is 6.20 Å². The molecule has 2 heterocycles. The topological polar surface area (TPSA) is 83.3 Å². The smallest absolute Gasteiger partial charge is 0.295 e. The van der Waals surface area contributed by atoms with Crippen LogP contribution < -0.4 is 5.56 Å². The molecular weight excluding hydrogens is 208 g/mol. The number of nitrogens with one attached hydrogen (secondary N) is 1. The lowest BCUT2D eigenvalue weighted by molar-refractivity contribution is 0.283. The molecule has 6 nitrogen and oxygen atoms in total. The summed E-state index contributed by atoms with van der Waals surface area (Å²) in [6.45, 7) is 5.54. The van der Waals surface area contributed by atoms with E-state index in [4.69, 9.17) is 5.11 Å². The summed E-state index contributed by atoms with van der Waals surface area (Å²) < 4.78 is 1.30. The highest BCUT2D eigenvalue weighted by Gasteiger charge is 2.22. The first-order chi connectivity index (χ1) is 7.45. The molecule has 6 heteroatoms. The van der Waals surface area contributed by atoms with E-state index >= 15 is 0 Å². The molecule has 86 valence electrons. The van der Waals surface area contributed by atoms with Crippen molar-refractivity contribution in [1.82, 2.24) is 19.8 Å². The van der Waals surface area contributed by atoms with Gasteiger partial charge in [0.15, 0.2) is 5.65 Å². The summed E-state index contributed by atoms with van der Waals surface area (Å²) in [6.07, 6.45) is 1.55. The van der Waals surface area contributed by atoms with Gasteiger partial charge < -0.3 is 5.11 Å². The van der Waals surface area contributed by atoms with Crippen LogP contribution in [-0.2, 0) is 12.0 Å². The van der Waals surface area contributed by atoms with E-state index in [1.807, 2.05) is 20.8 Å². The summed E-state index contributed by atoms with van der Waals surface area (Å²) in [5.41, 5.74) is 0.759. The van der Waals surface area contributed by atoms with Crippen molar-refractivity contribution in [2.75, 3.05) is 0 Å². The third kappa shape index (κ3) is 1.51. The Morgan fingerprint density at radius 1 is 1.44 bits per heavy atom. The van der Waals surface area contributed by atoms with Gasteiger partial charge in [-0.3, -0.25) is 9.89 Å². The zero-order valence-corrected chi connectivity index (χ0v) is 9.48. The van der Waals surface area contributed by atoms with Gasteiger partial charge in [-0.25, -0.2) is 0 Å². The summed E-state index contributed by atoms with van der Waals surface area (Å²) in [4.78, 5) is 12.1. The lowest BCUT2D eigenvalue weighted by Gasteiger charge is -2.15. The fourth-order valence-corrected chi connectivity index (χ4v) is 1.51. The average molecular weight is 222 g/mol. The Bertz CT molecular complexity index is 576. The SMILES string of the molecule is CC(C)(C)c1nnc2c(CO)c[nH]n2c1=O. The third-order valence-corrected chi connectivity index (χ3v) is 2.40. The lowest BCUT2D eigenvalue weighted by Crippen LogP contribution is -2.30. The van der Waals surface area contributed by atoms with Gasteiger partial charge in [0.2, 0.25) is 0 Å². The van der Waals surface area contributed by atoms with Gasteiger partial charge in [0.25, 0.3) is 5.56 Å². The summed E-state index contributed by atoms with van der Waals surface area (Å²) in [5.74, 6) is 0. The van der Waals surface area contributed by atoms with Gasteiger partial charge in [-0.05, 0) is 0 Å². The molecule has 2 aromatic heterocycles. The predicted molar refractivity (Wildman–Crippen MR) is 58.2 cm³/mol. The Morgan fingerprint density at radius 3 is 2.69 bits per heavy atom. The molecule has 2 aromatic rings. The second-order valence-corrected chi connectivity index (χ2v) is 4.72. The van der Waals surface area contributed by atoms with Crippen molar-refractivity contribution in [2.24, 2.45) is 0 Å². The molecule has 0 unspecified atom stereocenters. The zero-order valence-electron chi connectivity index (χ0n) is 9.48. The van der Waals surface area contributed by atoms with Crippen LogP contribution in [0.25, 0.3) is 5.65 Å². The largest absolute Gasteiger partial charge is 0.391 e. The molecule has 0 fully saturated rings. The minimum Gasteiger partial charge on any atom is -0.391 e. The van der Waals surface area contributed by atoms with Crippen LogP contribution in [0.1, 0.15) is 32.0 Å². The van der Waals surface area contributed by atoms with Gasteiger partial charge in [-0.2, -0.15) is 4.52 Å². The maximum absolute atomic E-state index is 12.1. The number of hydrogen-bond donors (Lipinski definition) is 2. The predicted octanol–water partition coefficient (Wildman–Crippen LogP) is 0.207. The van der Waals surface area contributed by atoms with Crippen molar-refractivity contribution >= 4 is 5.65 Å². The van der Waals surface area contributed by atoms with Crippen LogP contribution in [-0.4, -0.2) is 24.9 Å². The number of aliphatic hydroxyl groups excluding tert-OH is 1. The highest BCUT2D eigenvalue weighted by molar-refractivity contribution is 5.44. The van der Waals surface area contributed by atoms with Gasteiger partial charge in [0.05, 0.1) is 6.61 Å². The molecular formula is C10H14N4O2. The Labute approximate surface area is 91.9 Å². The maximum atomic E-state index is 12.1. The zero-order chi connectivity index (χ0) is 11.9. The standard InChI is InChI=1S/C10H14N4O2/c1-10(2,3)7-9(16)14-8(13-12-7)6(5-15)4-11-14/h4,11,15H,5H2,1-3H3. The molecule has 0 aliphatic carbocycles. The van der Waals surface area contributed by atoms with E-state index in [1.165, 1.54) is 4.52 Å². The molecule has 0 bridgehead atoms. The average Bonchev–Trinajstić information content (AvgIpc) is 2.60. The normalized spacial score (nSPS) is 12.2. The molecule has 0 atom stereocenters. The van der Waals surface area contributed by atoms with Crippen LogP contribution >= 0.6 is 0 Å². The molecule has 2 N–H and O–H groups in total. The number of H-pyrrole nitrogens is 1. The van der Waals surface area contributed by atoms with Crippen molar-refractivity contribution in [3.05, 3.63) is 27.8 Å². The molecule has 0 aromatic carbocycles. The number of aromatic nitrogens is 4. The van der Waals surface area contributed by atoms with Crippen molar-refractivity contribution in [3.63, 3.8) is 0 Å². The molecule has 0 aliphatic heterocycles. The summed E-state index contributed by atoms with van der Waals surface area (Å²) in [7, 11) is 0. The number of aliphatic hydroxyl groups is 1. The monoisotopic (exact) mass is 222 g/mol. The Kier molecular flexibility index (Phi) is 2.31. The molecule has 0 aliphatic rings. The first kappa shape index (κ1) is 10.8.